The third-order valence-electron chi connectivity index (χ3n) is 11.8. The number of carbonyl (C=O) groups is 3. The van der Waals surface area contributed by atoms with Gasteiger partial charge in [-0.1, -0.05) is 107 Å². The van der Waals surface area contributed by atoms with Gasteiger partial charge in [-0.2, -0.15) is 0 Å². The van der Waals surface area contributed by atoms with E-state index >= 15 is 0 Å². The highest BCUT2D eigenvalue weighted by Crippen LogP contribution is 2.47. The van der Waals surface area contributed by atoms with Gasteiger partial charge < -0.3 is 19.6 Å². The molecule has 0 atom stereocenters. The summed E-state index contributed by atoms with van der Waals surface area (Å²) in [5.74, 6) is 0.139. The Morgan fingerprint density at radius 3 is 1.05 bits per heavy atom. The highest BCUT2D eigenvalue weighted by atomic mass is 16.2. The molecular formula is C49H60N4O3. The molecule has 0 bridgehead atoms. The second-order valence-corrected chi connectivity index (χ2v) is 20.2. The first-order valence-corrected chi connectivity index (χ1v) is 20.3. The molecule has 3 aliphatic heterocycles. The molecule has 0 radical (unpaired) electrons. The van der Waals surface area contributed by atoms with Gasteiger partial charge in [0, 0.05) is 61.5 Å². The molecule has 3 heterocycles. The van der Waals surface area contributed by atoms with Crippen LogP contribution in [0.25, 0.3) is 11.1 Å². The zero-order valence-corrected chi connectivity index (χ0v) is 35.7. The molecule has 7 rings (SSSR count). The van der Waals surface area contributed by atoms with E-state index in [9.17, 15) is 14.4 Å². The number of hydrogen-bond donors (Lipinski definition) is 0. The zero-order valence-electron chi connectivity index (χ0n) is 35.7. The number of β-lactam (4-membered cyclic amide) rings is 3. The van der Waals surface area contributed by atoms with Gasteiger partial charge in [-0.3, -0.25) is 14.4 Å². The minimum Gasteiger partial charge on any atom is -0.311 e. The lowest BCUT2D eigenvalue weighted by molar-refractivity contribution is -0.123. The number of rotatable bonds is 7. The molecule has 3 aliphatic rings. The van der Waals surface area contributed by atoms with E-state index < -0.39 is 0 Å². The van der Waals surface area contributed by atoms with Crippen molar-refractivity contribution in [2.75, 3.05) is 39.2 Å². The van der Waals surface area contributed by atoms with E-state index in [0.29, 0.717) is 44.6 Å². The van der Waals surface area contributed by atoms with Crippen molar-refractivity contribution in [1.29, 1.82) is 0 Å². The predicted molar refractivity (Wildman–Crippen MR) is 232 cm³/mol. The molecule has 0 saturated carbocycles. The molecule has 0 aromatic heterocycles. The van der Waals surface area contributed by atoms with Crippen molar-refractivity contribution >= 4 is 51.8 Å². The second-order valence-electron chi connectivity index (χ2n) is 20.2. The number of benzene rings is 4. The van der Waals surface area contributed by atoms with E-state index in [0.717, 1.165) is 39.6 Å². The Balaban J connectivity index is 1.44. The highest BCUT2D eigenvalue weighted by molar-refractivity contribution is 6.11. The first-order chi connectivity index (χ1) is 26.0. The number of nitrogens with zero attached hydrogens (tertiary/aromatic N) is 4. The summed E-state index contributed by atoms with van der Waals surface area (Å²) in [6.07, 6.45) is 1.46. The molecule has 7 heteroatoms. The molecule has 4 aromatic rings. The minimum absolute atomic E-state index is 0.0348. The van der Waals surface area contributed by atoms with Crippen LogP contribution in [0.2, 0.25) is 0 Å². The van der Waals surface area contributed by atoms with Gasteiger partial charge in [0.1, 0.15) is 0 Å². The minimum atomic E-state index is -0.0670. The van der Waals surface area contributed by atoms with Crippen LogP contribution in [0, 0.1) is 0 Å². The van der Waals surface area contributed by atoms with Crippen LogP contribution in [0.5, 0.6) is 0 Å². The van der Waals surface area contributed by atoms with Crippen molar-refractivity contribution in [2.45, 2.75) is 124 Å². The van der Waals surface area contributed by atoms with Gasteiger partial charge in [0.15, 0.2) is 0 Å². The van der Waals surface area contributed by atoms with Crippen LogP contribution < -0.4 is 19.6 Å². The third-order valence-corrected chi connectivity index (χ3v) is 11.8. The van der Waals surface area contributed by atoms with Crippen molar-refractivity contribution < 1.29 is 14.4 Å². The van der Waals surface area contributed by atoms with E-state index in [4.69, 9.17) is 0 Å². The second kappa shape index (κ2) is 13.6. The van der Waals surface area contributed by atoms with Crippen LogP contribution >= 0.6 is 0 Å². The van der Waals surface area contributed by atoms with Gasteiger partial charge in [0.2, 0.25) is 17.7 Å². The molecule has 3 saturated heterocycles. The summed E-state index contributed by atoms with van der Waals surface area (Å²) in [5.41, 5.74) is 12.1. The van der Waals surface area contributed by atoms with Crippen LogP contribution in [0.3, 0.4) is 0 Å². The van der Waals surface area contributed by atoms with Gasteiger partial charge in [-0.25, -0.2) is 0 Å². The molecule has 4 aromatic carbocycles. The SMILES string of the molecule is CC(C)(C)c1cc(N(c2ccc(-c3cc(N4CCC4=O)c(N4CCC4=O)cc3N3CCC3=O)cc2)c2cc(C(C)(C)C)cc(C(C)(C)C)c2)cc(C(C)(C)C)c1. The van der Waals surface area contributed by atoms with E-state index in [2.05, 4.69) is 149 Å². The largest absolute Gasteiger partial charge is 0.311 e. The van der Waals surface area contributed by atoms with E-state index in [1.54, 1.807) is 9.80 Å². The molecule has 294 valence electrons. The Morgan fingerprint density at radius 2 is 0.750 bits per heavy atom. The Bertz CT molecular complexity index is 2080. The lowest BCUT2D eigenvalue weighted by atomic mass is 9.79. The van der Waals surface area contributed by atoms with Crippen LogP contribution in [-0.2, 0) is 36.0 Å². The summed E-state index contributed by atoms with van der Waals surface area (Å²) < 4.78 is 0. The highest BCUT2D eigenvalue weighted by Gasteiger charge is 2.37. The Hall–Kier alpha value is -4.91. The fraction of sp³-hybridized carbons (Fsp3) is 0.449. The predicted octanol–water partition coefficient (Wildman–Crippen LogP) is 11.2. The monoisotopic (exact) mass is 752 g/mol. The smallest absolute Gasteiger partial charge is 0.228 e. The fourth-order valence-electron chi connectivity index (χ4n) is 7.61. The molecule has 56 heavy (non-hydrogen) atoms. The quantitative estimate of drug-likeness (QED) is 0.176. The molecule has 0 N–H and O–H groups in total. The van der Waals surface area contributed by atoms with Crippen molar-refractivity contribution in [3.63, 3.8) is 0 Å². The first-order valence-electron chi connectivity index (χ1n) is 20.3. The standard InChI is InChI=1S/C49H60N4O3/c1-46(2,3)32-23-33(47(4,5)6)26-37(25-32)53(38-27-34(48(7,8)9)24-35(28-38)49(10,11)12)36-15-13-31(14-16-36)39-29-41(51-21-18-44(51)55)42(52-22-19-45(52)56)30-40(39)50-20-17-43(50)54/h13-16,23-30H,17-22H2,1-12H3. The summed E-state index contributed by atoms with van der Waals surface area (Å²) >= 11 is 0. The molecule has 7 nitrogen and oxygen atoms in total. The average Bonchev–Trinajstić information content (AvgIpc) is 3.09. The molecule has 3 fully saturated rings. The fourth-order valence-corrected chi connectivity index (χ4v) is 7.61. The van der Waals surface area contributed by atoms with Crippen molar-refractivity contribution in [2.24, 2.45) is 0 Å². The number of anilines is 6. The third kappa shape index (κ3) is 7.37. The van der Waals surface area contributed by atoms with Crippen molar-refractivity contribution in [1.82, 2.24) is 0 Å². The lowest BCUT2D eigenvalue weighted by Crippen LogP contribution is -2.48. The normalized spacial score (nSPS) is 16.5. The Morgan fingerprint density at radius 1 is 0.411 bits per heavy atom. The zero-order chi connectivity index (χ0) is 40.7. The summed E-state index contributed by atoms with van der Waals surface area (Å²) in [4.78, 5) is 46.4. The molecule has 0 spiro atoms. The molecule has 0 unspecified atom stereocenters. The summed E-state index contributed by atoms with van der Waals surface area (Å²) in [7, 11) is 0. The van der Waals surface area contributed by atoms with Crippen molar-refractivity contribution in [3.05, 3.63) is 95.1 Å². The maximum atomic E-state index is 13.0. The molecular weight excluding hydrogens is 693 g/mol. The summed E-state index contributed by atoms with van der Waals surface area (Å²) in [5, 5.41) is 0. The lowest BCUT2D eigenvalue weighted by Gasteiger charge is -2.40. The van der Waals surface area contributed by atoms with E-state index in [1.165, 1.54) is 22.3 Å². The van der Waals surface area contributed by atoms with Gasteiger partial charge in [-0.05, 0) is 98.0 Å². The van der Waals surface area contributed by atoms with Crippen LogP contribution in [0.1, 0.15) is 125 Å². The van der Waals surface area contributed by atoms with Crippen molar-refractivity contribution in [3.8, 4) is 11.1 Å². The average molecular weight is 753 g/mol. The van der Waals surface area contributed by atoms with Gasteiger partial charge in [-0.15, -0.1) is 0 Å². The van der Waals surface area contributed by atoms with E-state index in [1.807, 2.05) is 17.0 Å². The number of hydrogen-bond acceptors (Lipinski definition) is 4. The van der Waals surface area contributed by atoms with Crippen LogP contribution in [0.15, 0.2) is 72.8 Å². The number of amides is 3. The van der Waals surface area contributed by atoms with Crippen LogP contribution in [-0.4, -0.2) is 37.4 Å². The topological polar surface area (TPSA) is 64.2 Å². The Kier molecular flexibility index (Phi) is 9.58. The number of carbonyl (C=O) groups excluding carboxylic acids is 3. The maximum Gasteiger partial charge on any atom is 0.228 e. The Labute approximate surface area is 334 Å². The van der Waals surface area contributed by atoms with Gasteiger partial charge in [0.25, 0.3) is 0 Å². The molecule has 3 amide bonds. The van der Waals surface area contributed by atoms with Crippen LogP contribution in [0.4, 0.5) is 34.1 Å². The summed E-state index contributed by atoms with van der Waals surface area (Å²) in [6, 6.07) is 26.8. The maximum absolute atomic E-state index is 13.0. The van der Waals surface area contributed by atoms with E-state index in [-0.39, 0.29) is 39.4 Å². The van der Waals surface area contributed by atoms with Gasteiger partial charge in [0.05, 0.1) is 17.1 Å². The molecule has 0 aliphatic carbocycles. The summed E-state index contributed by atoms with van der Waals surface area (Å²) in [6.45, 7) is 29.2. The first kappa shape index (κ1) is 39.3. The van der Waals surface area contributed by atoms with Gasteiger partial charge >= 0.3 is 0 Å².